The van der Waals surface area contributed by atoms with E-state index < -0.39 is 12.1 Å². The predicted molar refractivity (Wildman–Crippen MR) is 63.5 cm³/mol. The van der Waals surface area contributed by atoms with Crippen molar-refractivity contribution in [1.29, 1.82) is 0 Å². The maximum atomic E-state index is 9.86. The topological polar surface area (TPSA) is 63.5 Å². The molecule has 3 N–H and O–H groups in total. The van der Waals surface area contributed by atoms with Crippen molar-refractivity contribution in [3.05, 3.63) is 34.7 Å². The number of pyridine rings is 1. The Morgan fingerprint density at radius 1 is 1.56 bits per heavy atom. The number of nitrogens with zero attached hydrogens (tertiary/aromatic N) is 2. The molecule has 2 aromatic heterocycles. The molecule has 2 heterocycles. The van der Waals surface area contributed by atoms with E-state index in [4.69, 9.17) is 17.3 Å². The van der Waals surface area contributed by atoms with Gasteiger partial charge in [0.1, 0.15) is 22.6 Å². The summed E-state index contributed by atoms with van der Waals surface area (Å²) in [6.45, 7) is 3.69. The number of hydrogen-bond donors (Lipinski definition) is 2. The van der Waals surface area contributed by atoms with E-state index in [1.807, 2.05) is 25.3 Å². The van der Waals surface area contributed by atoms with E-state index in [0.717, 1.165) is 11.2 Å². The van der Waals surface area contributed by atoms with Crippen LogP contribution in [0.2, 0.25) is 5.15 Å². The molecule has 0 aliphatic rings. The number of aliphatic hydroxyl groups is 1. The second kappa shape index (κ2) is 4.05. The lowest BCUT2D eigenvalue weighted by Crippen LogP contribution is -2.24. The van der Waals surface area contributed by atoms with Crippen LogP contribution in [0.25, 0.3) is 5.65 Å². The zero-order chi connectivity index (χ0) is 11.9. The van der Waals surface area contributed by atoms with E-state index in [9.17, 15) is 5.11 Å². The molecule has 0 aliphatic carbocycles. The van der Waals surface area contributed by atoms with Gasteiger partial charge in [0.25, 0.3) is 0 Å². The van der Waals surface area contributed by atoms with Gasteiger partial charge in [0, 0.05) is 12.2 Å². The van der Waals surface area contributed by atoms with Crippen LogP contribution in [0.1, 0.15) is 24.3 Å². The summed E-state index contributed by atoms with van der Waals surface area (Å²) >= 11 is 6.13. The van der Waals surface area contributed by atoms with E-state index in [1.54, 1.807) is 11.3 Å². The van der Waals surface area contributed by atoms with Crippen molar-refractivity contribution >= 4 is 17.2 Å². The van der Waals surface area contributed by atoms with E-state index in [-0.39, 0.29) is 0 Å². The first-order valence-corrected chi connectivity index (χ1v) is 5.46. The minimum Gasteiger partial charge on any atom is -0.385 e. The maximum Gasteiger partial charge on any atom is 0.139 e. The Morgan fingerprint density at radius 2 is 2.25 bits per heavy atom. The zero-order valence-corrected chi connectivity index (χ0v) is 9.94. The van der Waals surface area contributed by atoms with Crippen molar-refractivity contribution < 1.29 is 5.11 Å². The number of hydrogen-bond acceptors (Lipinski definition) is 3. The standard InChI is InChI=1S/C11H14ClN3O/c1-6-3-4-15-8(5-6)14-9(11(15)12)10(16)7(2)13/h3-5,7,10,16H,13H2,1-2H3. The summed E-state index contributed by atoms with van der Waals surface area (Å²) in [5.41, 5.74) is 7.88. The minimum absolute atomic E-state index is 0.400. The largest absolute Gasteiger partial charge is 0.385 e. The number of imidazole rings is 1. The lowest BCUT2D eigenvalue weighted by atomic mass is 10.1. The van der Waals surface area contributed by atoms with Gasteiger partial charge in [-0.3, -0.25) is 4.40 Å². The molecule has 0 aliphatic heterocycles. The number of aromatic nitrogens is 2. The van der Waals surface area contributed by atoms with Gasteiger partial charge >= 0.3 is 0 Å². The molecule has 0 radical (unpaired) electrons. The van der Waals surface area contributed by atoms with Gasteiger partial charge in [0.05, 0.1) is 0 Å². The third-order valence-corrected chi connectivity index (χ3v) is 2.90. The summed E-state index contributed by atoms with van der Waals surface area (Å²) < 4.78 is 1.73. The first-order valence-electron chi connectivity index (χ1n) is 5.08. The van der Waals surface area contributed by atoms with Crippen LogP contribution >= 0.6 is 11.6 Å². The molecule has 0 fully saturated rings. The highest BCUT2D eigenvalue weighted by molar-refractivity contribution is 6.30. The average molecular weight is 240 g/mol. The summed E-state index contributed by atoms with van der Waals surface area (Å²) in [4.78, 5) is 4.30. The Morgan fingerprint density at radius 3 is 2.88 bits per heavy atom. The fourth-order valence-corrected chi connectivity index (χ4v) is 1.87. The predicted octanol–water partition coefficient (Wildman–Crippen LogP) is 1.68. The van der Waals surface area contributed by atoms with Crippen molar-refractivity contribution in [3.8, 4) is 0 Å². The normalized spacial score (nSPS) is 15.3. The number of fused-ring (bicyclic) bond motifs is 1. The number of aryl methyl sites for hydroxylation is 1. The van der Waals surface area contributed by atoms with Gasteiger partial charge in [0.2, 0.25) is 0 Å². The second-order valence-corrected chi connectivity index (χ2v) is 4.38. The van der Waals surface area contributed by atoms with Gasteiger partial charge in [-0.2, -0.15) is 0 Å². The second-order valence-electron chi connectivity index (χ2n) is 4.02. The van der Waals surface area contributed by atoms with Crippen LogP contribution in [-0.4, -0.2) is 20.5 Å². The smallest absolute Gasteiger partial charge is 0.139 e. The highest BCUT2D eigenvalue weighted by Crippen LogP contribution is 2.25. The fourth-order valence-electron chi connectivity index (χ4n) is 1.57. The number of halogens is 1. The quantitative estimate of drug-likeness (QED) is 0.838. The Kier molecular flexibility index (Phi) is 2.88. The summed E-state index contributed by atoms with van der Waals surface area (Å²) in [7, 11) is 0. The SMILES string of the molecule is Cc1ccn2c(Cl)c(C(O)C(C)N)nc2c1. The lowest BCUT2D eigenvalue weighted by Gasteiger charge is -2.11. The Bertz CT molecular complexity index is 521. The molecule has 5 heteroatoms. The Labute approximate surface area is 98.7 Å². The molecular formula is C11H14ClN3O. The first kappa shape index (κ1) is 11.4. The first-order chi connectivity index (χ1) is 7.50. The van der Waals surface area contributed by atoms with Crippen LogP contribution < -0.4 is 5.73 Å². The van der Waals surface area contributed by atoms with E-state index in [0.29, 0.717) is 10.8 Å². The van der Waals surface area contributed by atoms with Crippen LogP contribution in [0, 0.1) is 6.92 Å². The zero-order valence-electron chi connectivity index (χ0n) is 9.18. The van der Waals surface area contributed by atoms with Gasteiger partial charge in [-0.15, -0.1) is 0 Å². The minimum atomic E-state index is -0.840. The number of nitrogens with two attached hydrogens (primary N) is 1. The fraction of sp³-hybridized carbons (Fsp3) is 0.364. The van der Waals surface area contributed by atoms with Crippen LogP contribution in [-0.2, 0) is 0 Å². The van der Waals surface area contributed by atoms with Crippen LogP contribution in [0.15, 0.2) is 18.3 Å². The van der Waals surface area contributed by atoms with Gasteiger partial charge in [0.15, 0.2) is 0 Å². The Hall–Kier alpha value is -1.10. The molecule has 86 valence electrons. The molecule has 0 spiro atoms. The van der Waals surface area contributed by atoms with Gasteiger partial charge in [-0.1, -0.05) is 11.6 Å². The summed E-state index contributed by atoms with van der Waals surface area (Å²) in [6.07, 6.45) is 0.991. The van der Waals surface area contributed by atoms with Gasteiger partial charge < -0.3 is 10.8 Å². The van der Waals surface area contributed by atoms with Crippen molar-refractivity contribution in [2.24, 2.45) is 5.73 Å². The van der Waals surface area contributed by atoms with Crippen LogP contribution in [0.3, 0.4) is 0 Å². The number of rotatable bonds is 2. The van der Waals surface area contributed by atoms with Crippen molar-refractivity contribution in [1.82, 2.24) is 9.38 Å². The third-order valence-electron chi connectivity index (χ3n) is 2.53. The molecule has 4 nitrogen and oxygen atoms in total. The van der Waals surface area contributed by atoms with Crippen molar-refractivity contribution in [2.75, 3.05) is 0 Å². The molecule has 0 saturated carbocycles. The van der Waals surface area contributed by atoms with Crippen molar-refractivity contribution in [2.45, 2.75) is 26.0 Å². The molecule has 2 atom stereocenters. The highest BCUT2D eigenvalue weighted by Gasteiger charge is 2.21. The molecule has 2 unspecified atom stereocenters. The average Bonchev–Trinajstić information content (AvgIpc) is 2.54. The summed E-state index contributed by atoms with van der Waals surface area (Å²) in [5, 5.41) is 10.3. The highest BCUT2D eigenvalue weighted by atomic mass is 35.5. The molecule has 0 saturated heterocycles. The lowest BCUT2D eigenvalue weighted by molar-refractivity contribution is 0.149. The molecular weight excluding hydrogens is 226 g/mol. The number of aliphatic hydroxyl groups excluding tert-OH is 1. The van der Waals surface area contributed by atoms with Crippen LogP contribution in [0.4, 0.5) is 0 Å². The summed E-state index contributed by atoms with van der Waals surface area (Å²) in [6, 6.07) is 3.44. The van der Waals surface area contributed by atoms with E-state index in [2.05, 4.69) is 4.98 Å². The van der Waals surface area contributed by atoms with Crippen LogP contribution in [0.5, 0.6) is 0 Å². The Balaban J connectivity index is 2.60. The van der Waals surface area contributed by atoms with Gasteiger partial charge in [-0.25, -0.2) is 4.98 Å². The molecule has 0 bridgehead atoms. The van der Waals surface area contributed by atoms with E-state index >= 15 is 0 Å². The molecule has 2 aromatic rings. The molecule has 0 aromatic carbocycles. The maximum absolute atomic E-state index is 9.86. The molecule has 0 amide bonds. The molecule has 2 rings (SSSR count). The summed E-state index contributed by atoms with van der Waals surface area (Å²) in [5.74, 6) is 0. The van der Waals surface area contributed by atoms with Gasteiger partial charge in [-0.05, 0) is 31.5 Å². The van der Waals surface area contributed by atoms with Crippen molar-refractivity contribution in [3.63, 3.8) is 0 Å². The van der Waals surface area contributed by atoms with E-state index in [1.165, 1.54) is 0 Å². The monoisotopic (exact) mass is 239 g/mol. The molecule has 16 heavy (non-hydrogen) atoms. The third kappa shape index (κ3) is 1.80.